The predicted molar refractivity (Wildman–Crippen MR) is 99.7 cm³/mol. The van der Waals surface area contributed by atoms with Gasteiger partial charge in [-0.25, -0.2) is 0 Å². The molecule has 2 unspecified atom stereocenters. The topological polar surface area (TPSA) is 32.7 Å². The summed E-state index contributed by atoms with van der Waals surface area (Å²) in [5.41, 5.74) is 1.84. The molecule has 0 aromatic heterocycles. The Kier molecular flexibility index (Phi) is 4.53. The highest BCUT2D eigenvalue weighted by Gasteiger charge is 2.48. The molecule has 2 aromatic carbocycles. The van der Waals surface area contributed by atoms with Gasteiger partial charge in [-0.05, 0) is 54.4 Å². The Morgan fingerprint density at radius 3 is 2.24 bits per heavy atom. The van der Waals surface area contributed by atoms with Gasteiger partial charge in [0.05, 0.1) is 12.7 Å². The molecule has 0 bridgehead atoms. The summed E-state index contributed by atoms with van der Waals surface area (Å²) < 4.78 is 5.22. The van der Waals surface area contributed by atoms with E-state index in [1.165, 1.54) is 5.56 Å². The number of benzene rings is 2. The Hall–Kier alpha value is -1.84. The third-order valence-corrected chi connectivity index (χ3v) is 6.04. The number of methoxy groups -OCH3 is 1. The van der Waals surface area contributed by atoms with Crippen LogP contribution in [0.5, 0.6) is 5.75 Å². The molecule has 25 heavy (non-hydrogen) atoms. The van der Waals surface area contributed by atoms with Crippen LogP contribution in [0.3, 0.4) is 0 Å². The van der Waals surface area contributed by atoms with E-state index in [-0.39, 0.29) is 0 Å². The largest absolute Gasteiger partial charge is 0.497 e. The quantitative estimate of drug-likeness (QED) is 0.907. The molecule has 1 heterocycles. The van der Waals surface area contributed by atoms with Gasteiger partial charge in [-0.3, -0.25) is 0 Å². The first-order valence-corrected chi connectivity index (χ1v) is 9.29. The van der Waals surface area contributed by atoms with Crippen molar-refractivity contribution in [2.45, 2.75) is 24.9 Å². The molecule has 2 aliphatic rings. The first kappa shape index (κ1) is 16.6. The molecule has 0 radical (unpaired) electrons. The second kappa shape index (κ2) is 6.81. The van der Waals surface area contributed by atoms with Gasteiger partial charge in [-0.15, -0.1) is 0 Å². The lowest BCUT2D eigenvalue weighted by Crippen LogP contribution is -2.29. The molecule has 1 saturated carbocycles. The normalized spacial score (nSPS) is 28.9. The monoisotopic (exact) mass is 337 g/mol. The zero-order valence-electron chi connectivity index (χ0n) is 14.9. The van der Waals surface area contributed by atoms with E-state index in [1.807, 2.05) is 30.3 Å². The van der Waals surface area contributed by atoms with Gasteiger partial charge < -0.3 is 14.7 Å². The van der Waals surface area contributed by atoms with Crippen molar-refractivity contribution in [3.8, 4) is 5.75 Å². The van der Waals surface area contributed by atoms with Gasteiger partial charge in [0.1, 0.15) is 5.75 Å². The Morgan fingerprint density at radius 2 is 1.64 bits per heavy atom. The van der Waals surface area contributed by atoms with Crippen molar-refractivity contribution in [2.75, 3.05) is 26.7 Å². The molecule has 2 aromatic rings. The van der Waals surface area contributed by atoms with E-state index in [2.05, 4.69) is 29.2 Å². The summed E-state index contributed by atoms with van der Waals surface area (Å²) in [5.74, 6) is 2.17. The molecule has 4 rings (SSSR count). The molecule has 0 amide bonds. The maximum Gasteiger partial charge on any atom is 0.118 e. The number of likely N-dealkylation sites (tertiary alicyclic amines) is 1. The highest BCUT2D eigenvalue weighted by Crippen LogP contribution is 2.48. The van der Waals surface area contributed by atoms with Crippen molar-refractivity contribution >= 4 is 0 Å². The molecule has 1 aliphatic carbocycles. The SMILES string of the molecule is COc1ccc(CCN2CC3CC(O)(c4ccccc4)CC3C2)cc1. The van der Waals surface area contributed by atoms with E-state index < -0.39 is 5.60 Å². The van der Waals surface area contributed by atoms with Crippen LogP contribution >= 0.6 is 0 Å². The maximum absolute atomic E-state index is 11.1. The summed E-state index contributed by atoms with van der Waals surface area (Å²) in [5, 5.41) is 11.1. The van der Waals surface area contributed by atoms with Crippen molar-refractivity contribution in [1.82, 2.24) is 4.90 Å². The highest BCUT2D eigenvalue weighted by molar-refractivity contribution is 5.27. The second-order valence-electron chi connectivity index (χ2n) is 7.68. The van der Waals surface area contributed by atoms with Crippen LogP contribution in [0, 0.1) is 11.8 Å². The van der Waals surface area contributed by atoms with Gasteiger partial charge >= 0.3 is 0 Å². The minimum atomic E-state index is -0.612. The van der Waals surface area contributed by atoms with Gasteiger partial charge in [0, 0.05) is 19.6 Å². The van der Waals surface area contributed by atoms with Crippen molar-refractivity contribution in [2.24, 2.45) is 11.8 Å². The van der Waals surface area contributed by atoms with Gasteiger partial charge in [-0.2, -0.15) is 0 Å². The molecule has 1 saturated heterocycles. The summed E-state index contributed by atoms with van der Waals surface area (Å²) in [6.07, 6.45) is 2.88. The lowest BCUT2D eigenvalue weighted by Gasteiger charge is -2.26. The molecule has 3 nitrogen and oxygen atoms in total. The Bertz CT molecular complexity index is 684. The van der Waals surface area contributed by atoms with Gasteiger partial charge in [0.15, 0.2) is 0 Å². The molecular formula is C22H27NO2. The Balaban J connectivity index is 1.32. The molecule has 1 aliphatic heterocycles. The summed E-state index contributed by atoms with van der Waals surface area (Å²) in [4.78, 5) is 2.57. The fraction of sp³-hybridized carbons (Fsp3) is 0.455. The van der Waals surface area contributed by atoms with E-state index in [0.29, 0.717) is 11.8 Å². The fourth-order valence-corrected chi connectivity index (χ4v) is 4.70. The van der Waals surface area contributed by atoms with Crippen molar-refractivity contribution in [1.29, 1.82) is 0 Å². The van der Waals surface area contributed by atoms with Gasteiger partial charge in [0.2, 0.25) is 0 Å². The van der Waals surface area contributed by atoms with Crippen molar-refractivity contribution in [3.63, 3.8) is 0 Å². The van der Waals surface area contributed by atoms with Crippen LogP contribution in [0.25, 0.3) is 0 Å². The van der Waals surface area contributed by atoms with Crippen molar-refractivity contribution in [3.05, 3.63) is 65.7 Å². The van der Waals surface area contributed by atoms with Crippen LogP contribution in [-0.2, 0) is 12.0 Å². The molecule has 2 fully saturated rings. The minimum absolute atomic E-state index is 0.612. The van der Waals surface area contributed by atoms with Crippen LogP contribution in [0.15, 0.2) is 54.6 Å². The lowest BCUT2D eigenvalue weighted by atomic mass is 9.90. The second-order valence-corrected chi connectivity index (χ2v) is 7.68. The van der Waals surface area contributed by atoms with E-state index in [9.17, 15) is 5.11 Å². The highest BCUT2D eigenvalue weighted by atomic mass is 16.5. The summed E-state index contributed by atoms with van der Waals surface area (Å²) in [7, 11) is 1.70. The van der Waals surface area contributed by atoms with E-state index in [0.717, 1.165) is 50.2 Å². The van der Waals surface area contributed by atoms with Crippen LogP contribution in [0.2, 0.25) is 0 Å². The molecule has 2 atom stereocenters. The number of aliphatic hydroxyl groups is 1. The summed E-state index contributed by atoms with van der Waals surface area (Å²) in [6.45, 7) is 3.34. The molecule has 0 spiro atoms. The van der Waals surface area contributed by atoms with E-state index in [1.54, 1.807) is 7.11 Å². The van der Waals surface area contributed by atoms with Gasteiger partial charge in [0.25, 0.3) is 0 Å². The summed E-state index contributed by atoms with van der Waals surface area (Å²) >= 11 is 0. The fourth-order valence-electron chi connectivity index (χ4n) is 4.70. The number of nitrogens with zero attached hydrogens (tertiary/aromatic N) is 1. The number of ether oxygens (including phenoxy) is 1. The predicted octanol–water partition coefficient (Wildman–Crippen LogP) is 3.47. The average Bonchev–Trinajstić information content (AvgIpc) is 3.16. The zero-order valence-corrected chi connectivity index (χ0v) is 14.9. The third-order valence-electron chi connectivity index (χ3n) is 6.04. The summed E-state index contributed by atoms with van der Waals surface area (Å²) in [6, 6.07) is 18.6. The number of hydrogen-bond acceptors (Lipinski definition) is 3. The zero-order chi connectivity index (χ0) is 17.3. The lowest BCUT2D eigenvalue weighted by molar-refractivity contribution is 0.0314. The van der Waals surface area contributed by atoms with E-state index in [4.69, 9.17) is 4.74 Å². The smallest absolute Gasteiger partial charge is 0.118 e. The van der Waals surface area contributed by atoms with Crippen LogP contribution in [-0.4, -0.2) is 36.8 Å². The van der Waals surface area contributed by atoms with E-state index >= 15 is 0 Å². The molecular weight excluding hydrogens is 310 g/mol. The van der Waals surface area contributed by atoms with Crippen LogP contribution < -0.4 is 4.74 Å². The number of fused-ring (bicyclic) bond motifs is 1. The Morgan fingerprint density at radius 1 is 1.00 bits per heavy atom. The standard InChI is InChI=1S/C22H27NO2/c1-25-21-9-7-17(8-10-21)11-12-23-15-18-13-22(24,14-19(18)16-23)20-5-3-2-4-6-20/h2-10,18-19,24H,11-16H2,1H3. The maximum atomic E-state index is 11.1. The molecule has 132 valence electrons. The number of rotatable bonds is 5. The first-order valence-electron chi connectivity index (χ1n) is 9.29. The van der Waals surface area contributed by atoms with Gasteiger partial charge in [-0.1, -0.05) is 42.5 Å². The first-order chi connectivity index (χ1) is 12.2. The van der Waals surface area contributed by atoms with Crippen molar-refractivity contribution < 1.29 is 9.84 Å². The minimum Gasteiger partial charge on any atom is -0.497 e. The molecule has 3 heteroatoms. The Labute approximate surface area is 150 Å². The molecule has 1 N–H and O–H groups in total. The van der Waals surface area contributed by atoms with Crippen LogP contribution in [0.4, 0.5) is 0 Å². The number of hydrogen-bond donors (Lipinski definition) is 1. The third kappa shape index (κ3) is 3.44. The average molecular weight is 337 g/mol. The van der Waals surface area contributed by atoms with Crippen LogP contribution in [0.1, 0.15) is 24.0 Å².